The first-order valence-corrected chi connectivity index (χ1v) is 5.44. The third-order valence-corrected chi connectivity index (χ3v) is 2.82. The fraction of sp³-hybridized carbons (Fsp3) is 0.538. The molecule has 0 amide bonds. The Kier molecular flexibility index (Phi) is 2.36. The lowest BCUT2D eigenvalue weighted by atomic mass is 9.94. The van der Waals surface area contributed by atoms with Crippen molar-refractivity contribution in [3.05, 3.63) is 34.9 Å². The minimum atomic E-state index is -0.0904. The van der Waals surface area contributed by atoms with E-state index in [1.165, 1.54) is 24.8 Å². The van der Waals surface area contributed by atoms with E-state index in [0.29, 0.717) is 0 Å². The number of nitrogens with two attached hydrogens (primary N) is 1. The summed E-state index contributed by atoms with van der Waals surface area (Å²) < 4.78 is 0. The molecule has 14 heavy (non-hydrogen) atoms. The molecule has 2 rings (SSSR count). The third-order valence-electron chi connectivity index (χ3n) is 2.82. The Morgan fingerprint density at radius 2 is 1.93 bits per heavy atom. The normalized spacial score (nSPS) is 15.6. The van der Waals surface area contributed by atoms with E-state index in [-0.39, 0.29) is 5.54 Å². The molecule has 0 saturated heterocycles. The number of hydrogen-bond acceptors (Lipinski definition) is 1. The van der Waals surface area contributed by atoms with Gasteiger partial charge in [-0.25, -0.2) is 0 Å². The van der Waals surface area contributed by atoms with Gasteiger partial charge in [-0.15, -0.1) is 0 Å². The minimum absolute atomic E-state index is 0.0904. The lowest BCUT2D eigenvalue weighted by Crippen LogP contribution is -2.34. The van der Waals surface area contributed by atoms with Crippen LogP contribution in [0.1, 0.15) is 37.0 Å². The molecule has 1 aromatic rings. The van der Waals surface area contributed by atoms with Gasteiger partial charge in [0.15, 0.2) is 0 Å². The number of benzene rings is 1. The Hall–Kier alpha value is -0.820. The molecule has 2 N–H and O–H groups in total. The van der Waals surface area contributed by atoms with E-state index in [1.807, 2.05) is 0 Å². The topological polar surface area (TPSA) is 26.0 Å². The highest BCUT2D eigenvalue weighted by atomic mass is 14.7. The quantitative estimate of drug-likeness (QED) is 0.760. The van der Waals surface area contributed by atoms with Crippen molar-refractivity contribution in [2.75, 3.05) is 0 Å². The average molecular weight is 189 g/mol. The minimum Gasteiger partial charge on any atom is -0.325 e. The summed E-state index contributed by atoms with van der Waals surface area (Å²) in [6.45, 7) is 4.17. The van der Waals surface area contributed by atoms with Crippen LogP contribution in [-0.4, -0.2) is 5.54 Å². The monoisotopic (exact) mass is 189 g/mol. The van der Waals surface area contributed by atoms with Crippen LogP contribution < -0.4 is 5.73 Å². The lowest BCUT2D eigenvalue weighted by molar-refractivity contribution is 0.516. The second kappa shape index (κ2) is 3.39. The van der Waals surface area contributed by atoms with Crippen molar-refractivity contribution in [2.24, 2.45) is 5.73 Å². The van der Waals surface area contributed by atoms with Gasteiger partial charge in [-0.3, -0.25) is 0 Å². The van der Waals surface area contributed by atoms with Crippen molar-refractivity contribution >= 4 is 0 Å². The van der Waals surface area contributed by atoms with Gasteiger partial charge in [-0.2, -0.15) is 0 Å². The SMILES string of the molecule is CC(C)(N)Cc1ccc2c(c1)CCC2. The van der Waals surface area contributed by atoms with Crippen LogP contribution >= 0.6 is 0 Å². The summed E-state index contributed by atoms with van der Waals surface area (Å²) in [5, 5.41) is 0. The van der Waals surface area contributed by atoms with Gasteiger partial charge in [0.1, 0.15) is 0 Å². The Labute approximate surface area is 86.3 Å². The summed E-state index contributed by atoms with van der Waals surface area (Å²) in [7, 11) is 0. The van der Waals surface area contributed by atoms with Crippen LogP contribution in [-0.2, 0) is 19.3 Å². The van der Waals surface area contributed by atoms with E-state index in [2.05, 4.69) is 32.0 Å². The van der Waals surface area contributed by atoms with Gasteiger partial charge < -0.3 is 5.73 Å². The highest BCUT2D eigenvalue weighted by Crippen LogP contribution is 2.24. The molecule has 0 saturated carbocycles. The zero-order chi connectivity index (χ0) is 10.2. The van der Waals surface area contributed by atoms with Gasteiger partial charge in [0.05, 0.1) is 0 Å². The maximum atomic E-state index is 6.01. The zero-order valence-electron chi connectivity index (χ0n) is 9.14. The van der Waals surface area contributed by atoms with Gasteiger partial charge in [-0.1, -0.05) is 18.2 Å². The molecule has 0 bridgehead atoms. The Balaban J connectivity index is 2.21. The second-order valence-electron chi connectivity index (χ2n) is 5.12. The molecule has 1 nitrogen and oxygen atoms in total. The molecule has 1 heteroatoms. The maximum Gasteiger partial charge on any atom is 0.0138 e. The molecule has 0 unspecified atom stereocenters. The van der Waals surface area contributed by atoms with Gasteiger partial charge in [-0.05, 0) is 56.2 Å². The van der Waals surface area contributed by atoms with Crippen LogP contribution in [0, 0.1) is 0 Å². The van der Waals surface area contributed by atoms with Crippen molar-refractivity contribution in [1.82, 2.24) is 0 Å². The first-order chi connectivity index (χ1) is 6.54. The molecule has 0 heterocycles. The van der Waals surface area contributed by atoms with Crippen LogP contribution in [0.15, 0.2) is 18.2 Å². The molecule has 0 atom stereocenters. The summed E-state index contributed by atoms with van der Waals surface area (Å²) in [4.78, 5) is 0. The maximum absolute atomic E-state index is 6.01. The number of fused-ring (bicyclic) bond motifs is 1. The van der Waals surface area contributed by atoms with E-state index in [4.69, 9.17) is 5.73 Å². The molecule has 0 aliphatic heterocycles. The largest absolute Gasteiger partial charge is 0.325 e. The second-order valence-corrected chi connectivity index (χ2v) is 5.12. The van der Waals surface area contributed by atoms with Crippen LogP contribution in [0.4, 0.5) is 0 Å². The van der Waals surface area contributed by atoms with Crippen LogP contribution in [0.3, 0.4) is 0 Å². The highest BCUT2D eigenvalue weighted by Gasteiger charge is 2.15. The smallest absolute Gasteiger partial charge is 0.0138 e. The summed E-state index contributed by atoms with van der Waals surface area (Å²) in [6.07, 6.45) is 4.82. The number of aryl methyl sites for hydroxylation is 2. The van der Waals surface area contributed by atoms with E-state index in [0.717, 1.165) is 6.42 Å². The number of rotatable bonds is 2. The van der Waals surface area contributed by atoms with Crippen molar-refractivity contribution in [3.8, 4) is 0 Å². The zero-order valence-corrected chi connectivity index (χ0v) is 9.14. The Morgan fingerprint density at radius 3 is 2.64 bits per heavy atom. The van der Waals surface area contributed by atoms with Gasteiger partial charge in [0.25, 0.3) is 0 Å². The van der Waals surface area contributed by atoms with Crippen molar-refractivity contribution in [3.63, 3.8) is 0 Å². The van der Waals surface area contributed by atoms with Crippen molar-refractivity contribution in [2.45, 2.75) is 45.1 Å². The first kappa shape index (κ1) is 9.72. The highest BCUT2D eigenvalue weighted by molar-refractivity contribution is 5.35. The molecular formula is C13H19N. The standard InChI is InChI=1S/C13H19N/c1-13(2,14)9-10-6-7-11-4-3-5-12(11)8-10/h6-8H,3-5,9,14H2,1-2H3. The molecule has 0 fully saturated rings. The summed E-state index contributed by atoms with van der Waals surface area (Å²) in [5.74, 6) is 0. The van der Waals surface area contributed by atoms with Crippen LogP contribution in [0.2, 0.25) is 0 Å². The Bertz CT molecular complexity index is 334. The van der Waals surface area contributed by atoms with E-state index >= 15 is 0 Å². The molecule has 1 aliphatic rings. The lowest BCUT2D eigenvalue weighted by Gasteiger charge is -2.18. The average Bonchev–Trinajstić information content (AvgIpc) is 2.47. The van der Waals surface area contributed by atoms with Crippen LogP contribution in [0.5, 0.6) is 0 Å². The fourth-order valence-corrected chi connectivity index (χ4v) is 2.26. The fourth-order valence-electron chi connectivity index (χ4n) is 2.26. The summed E-state index contributed by atoms with van der Waals surface area (Å²) in [6, 6.07) is 6.86. The van der Waals surface area contributed by atoms with Gasteiger partial charge in [0.2, 0.25) is 0 Å². The first-order valence-electron chi connectivity index (χ1n) is 5.44. The van der Waals surface area contributed by atoms with Crippen LogP contribution in [0.25, 0.3) is 0 Å². The third kappa shape index (κ3) is 2.16. The molecule has 1 aliphatic carbocycles. The molecule has 0 radical (unpaired) electrons. The summed E-state index contributed by atoms with van der Waals surface area (Å²) >= 11 is 0. The van der Waals surface area contributed by atoms with Crippen molar-refractivity contribution < 1.29 is 0 Å². The predicted octanol–water partition coefficient (Wildman–Crippen LogP) is 2.46. The number of hydrogen-bond donors (Lipinski definition) is 1. The summed E-state index contributed by atoms with van der Waals surface area (Å²) in [5.41, 5.74) is 10.4. The Morgan fingerprint density at radius 1 is 1.21 bits per heavy atom. The molecule has 0 spiro atoms. The van der Waals surface area contributed by atoms with E-state index < -0.39 is 0 Å². The predicted molar refractivity (Wildman–Crippen MR) is 60.4 cm³/mol. The van der Waals surface area contributed by atoms with E-state index in [1.54, 1.807) is 11.1 Å². The van der Waals surface area contributed by atoms with Crippen molar-refractivity contribution in [1.29, 1.82) is 0 Å². The molecule has 0 aromatic heterocycles. The molecule has 76 valence electrons. The van der Waals surface area contributed by atoms with E-state index in [9.17, 15) is 0 Å². The molecule has 1 aromatic carbocycles. The van der Waals surface area contributed by atoms with Gasteiger partial charge in [0, 0.05) is 5.54 Å². The van der Waals surface area contributed by atoms with Gasteiger partial charge >= 0.3 is 0 Å². The molecular weight excluding hydrogens is 170 g/mol.